The van der Waals surface area contributed by atoms with Gasteiger partial charge in [-0.15, -0.1) is 0 Å². The highest BCUT2D eigenvalue weighted by Crippen LogP contribution is 2.18. The average molecular weight is 216 g/mol. The first-order valence-electron chi connectivity index (χ1n) is 4.50. The summed E-state index contributed by atoms with van der Waals surface area (Å²) >= 11 is 0. The minimum atomic E-state index is -1.39. The summed E-state index contributed by atoms with van der Waals surface area (Å²) in [7, 11) is 0. The molecule has 1 saturated carbocycles. The third kappa shape index (κ3) is 4.30. The van der Waals surface area contributed by atoms with Gasteiger partial charge in [-0.1, -0.05) is 0 Å². The van der Waals surface area contributed by atoms with Crippen molar-refractivity contribution in [3.63, 3.8) is 0 Å². The Balaban J connectivity index is 2.38. The zero-order valence-corrected chi connectivity index (χ0v) is 7.90. The minimum absolute atomic E-state index is 0.101. The Kier molecular flexibility index (Phi) is 3.48. The Morgan fingerprint density at radius 1 is 1.27 bits per heavy atom. The highest BCUT2D eigenvalue weighted by Gasteiger charge is 2.27. The van der Waals surface area contributed by atoms with Crippen LogP contribution in [0.2, 0.25) is 0 Å². The van der Waals surface area contributed by atoms with Crippen LogP contribution in [0, 0.1) is 0 Å². The molecular formula is C8H12N2O5. The van der Waals surface area contributed by atoms with Crippen LogP contribution in [0.5, 0.6) is 0 Å². The lowest BCUT2D eigenvalue weighted by Gasteiger charge is -2.12. The van der Waals surface area contributed by atoms with E-state index in [4.69, 9.17) is 10.2 Å². The molecule has 0 saturated heterocycles. The molecule has 0 aromatic rings. The summed E-state index contributed by atoms with van der Waals surface area (Å²) in [6, 6.07) is -1.92. The van der Waals surface area contributed by atoms with Gasteiger partial charge >= 0.3 is 18.0 Å². The number of carboxylic acid groups (broad SMARTS) is 2. The van der Waals surface area contributed by atoms with Crippen molar-refractivity contribution in [2.45, 2.75) is 31.3 Å². The van der Waals surface area contributed by atoms with Crippen LogP contribution in [0.1, 0.15) is 19.3 Å². The van der Waals surface area contributed by atoms with E-state index in [9.17, 15) is 14.4 Å². The maximum absolute atomic E-state index is 11.1. The summed E-state index contributed by atoms with van der Waals surface area (Å²) < 4.78 is 0. The molecule has 0 spiro atoms. The van der Waals surface area contributed by atoms with Crippen LogP contribution in [0.25, 0.3) is 0 Å². The molecule has 0 radical (unpaired) electrons. The number of rotatable bonds is 5. The molecule has 0 bridgehead atoms. The molecule has 1 aliphatic rings. The quantitative estimate of drug-likeness (QED) is 0.488. The molecule has 0 heterocycles. The molecule has 1 unspecified atom stereocenters. The first kappa shape index (κ1) is 11.3. The second-order valence-electron chi connectivity index (χ2n) is 3.38. The summed E-state index contributed by atoms with van der Waals surface area (Å²) in [6.45, 7) is 0. The Bertz CT molecular complexity index is 287. The van der Waals surface area contributed by atoms with E-state index >= 15 is 0 Å². The lowest BCUT2D eigenvalue weighted by molar-refractivity contribution is -0.145. The van der Waals surface area contributed by atoms with Gasteiger partial charge in [-0.25, -0.2) is 9.59 Å². The van der Waals surface area contributed by atoms with E-state index in [1.54, 1.807) is 0 Å². The molecule has 1 atom stereocenters. The second-order valence-corrected chi connectivity index (χ2v) is 3.38. The normalized spacial score (nSPS) is 16.5. The van der Waals surface area contributed by atoms with E-state index in [0.29, 0.717) is 0 Å². The van der Waals surface area contributed by atoms with E-state index in [1.807, 2.05) is 0 Å². The van der Waals surface area contributed by atoms with Gasteiger partial charge in [-0.2, -0.15) is 0 Å². The zero-order valence-electron chi connectivity index (χ0n) is 7.90. The molecule has 4 N–H and O–H groups in total. The summed E-state index contributed by atoms with van der Waals surface area (Å²) in [6.07, 6.45) is 1.13. The van der Waals surface area contributed by atoms with Crippen molar-refractivity contribution < 1.29 is 24.6 Å². The first-order chi connectivity index (χ1) is 6.99. The molecule has 0 aromatic heterocycles. The molecule has 7 heteroatoms. The number of hydrogen-bond donors (Lipinski definition) is 4. The van der Waals surface area contributed by atoms with Gasteiger partial charge in [-0.05, 0) is 12.8 Å². The number of carboxylic acids is 2. The molecule has 15 heavy (non-hydrogen) atoms. The van der Waals surface area contributed by atoms with Crippen molar-refractivity contribution in [2.75, 3.05) is 0 Å². The Morgan fingerprint density at radius 3 is 2.27 bits per heavy atom. The van der Waals surface area contributed by atoms with Gasteiger partial charge in [0.15, 0.2) is 0 Å². The predicted octanol–water partition coefficient (Wildman–Crippen LogP) is -0.624. The topological polar surface area (TPSA) is 116 Å². The fraction of sp³-hybridized carbons (Fsp3) is 0.625. The molecule has 7 nitrogen and oxygen atoms in total. The maximum atomic E-state index is 11.1. The second kappa shape index (κ2) is 4.63. The minimum Gasteiger partial charge on any atom is -0.481 e. The van der Waals surface area contributed by atoms with Crippen molar-refractivity contribution >= 4 is 18.0 Å². The van der Waals surface area contributed by atoms with Crippen molar-refractivity contribution in [1.29, 1.82) is 0 Å². The zero-order chi connectivity index (χ0) is 11.4. The van der Waals surface area contributed by atoms with Gasteiger partial charge < -0.3 is 20.8 Å². The van der Waals surface area contributed by atoms with E-state index in [2.05, 4.69) is 10.6 Å². The fourth-order valence-corrected chi connectivity index (χ4v) is 0.988. The largest absolute Gasteiger partial charge is 0.481 e. The van der Waals surface area contributed by atoms with Crippen LogP contribution in [-0.2, 0) is 9.59 Å². The lowest BCUT2D eigenvalue weighted by Crippen LogP contribution is -2.47. The van der Waals surface area contributed by atoms with Crippen LogP contribution in [-0.4, -0.2) is 40.3 Å². The van der Waals surface area contributed by atoms with Gasteiger partial charge in [0.2, 0.25) is 0 Å². The Hall–Kier alpha value is -1.79. The molecule has 0 aliphatic heterocycles. The van der Waals surface area contributed by atoms with E-state index in [-0.39, 0.29) is 6.04 Å². The lowest BCUT2D eigenvalue weighted by atomic mass is 10.2. The number of urea groups is 1. The van der Waals surface area contributed by atoms with Crippen LogP contribution in [0.15, 0.2) is 0 Å². The number of hydrogen-bond acceptors (Lipinski definition) is 3. The molecule has 1 rings (SSSR count). The number of amides is 2. The molecule has 0 aromatic carbocycles. The number of carbonyl (C=O) groups is 3. The third-order valence-corrected chi connectivity index (χ3v) is 1.89. The molecule has 84 valence electrons. The fourth-order valence-electron chi connectivity index (χ4n) is 0.988. The molecule has 2 amide bonds. The number of carbonyl (C=O) groups excluding carboxylic acids is 1. The molecule has 1 fully saturated rings. The van der Waals surface area contributed by atoms with Crippen LogP contribution in [0.3, 0.4) is 0 Å². The van der Waals surface area contributed by atoms with Gasteiger partial charge in [0.25, 0.3) is 0 Å². The Labute approximate surface area is 85.5 Å². The monoisotopic (exact) mass is 216 g/mol. The number of aliphatic carboxylic acids is 2. The van der Waals surface area contributed by atoms with E-state index in [0.717, 1.165) is 12.8 Å². The highest BCUT2D eigenvalue weighted by molar-refractivity contribution is 5.86. The SMILES string of the molecule is O=C(O)CC(NC(=O)NC1CC1)C(=O)O. The van der Waals surface area contributed by atoms with E-state index < -0.39 is 30.4 Å². The van der Waals surface area contributed by atoms with Crippen molar-refractivity contribution in [1.82, 2.24) is 10.6 Å². The van der Waals surface area contributed by atoms with Crippen molar-refractivity contribution in [3.8, 4) is 0 Å². The highest BCUT2D eigenvalue weighted by atomic mass is 16.4. The average Bonchev–Trinajstić information content (AvgIpc) is 2.85. The van der Waals surface area contributed by atoms with Crippen LogP contribution in [0.4, 0.5) is 4.79 Å². The summed E-state index contributed by atoms with van der Waals surface area (Å²) in [4.78, 5) is 32.0. The van der Waals surface area contributed by atoms with E-state index in [1.165, 1.54) is 0 Å². The molecule has 1 aliphatic carbocycles. The maximum Gasteiger partial charge on any atom is 0.326 e. The van der Waals surface area contributed by atoms with Gasteiger partial charge in [0.1, 0.15) is 6.04 Å². The number of nitrogens with one attached hydrogen (secondary N) is 2. The standard InChI is InChI=1S/C8H12N2O5/c11-6(12)3-5(7(13)14)10-8(15)9-4-1-2-4/h4-5H,1-3H2,(H,11,12)(H,13,14)(H2,9,10,15). The summed E-state index contributed by atoms with van der Waals surface area (Å²) in [5.74, 6) is -2.63. The molecular weight excluding hydrogens is 204 g/mol. The predicted molar refractivity (Wildman–Crippen MR) is 48.4 cm³/mol. The van der Waals surface area contributed by atoms with Crippen molar-refractivity contribution in [2.24, 2.45) is 0 Å². The third-order valence-electron chi connectivity index (χ3n) is 1.89. The summed E-state index contributed by atoms with van der Waals surface area (Å²) in [5.41, 5.74) is 0. The Morgan fingerprint density at radius 2 is 1.87 bits per heavy atom. The summed E-state index contributed by atoms with van der Waals surface area (Å²) in [5, 5.41) is 21.6. The van der Waals surface area contributed by atoms with Crippen LogP contribution < -0.4 is 10.6 Å². The van der Waals surface area contributed by atoms with Gasteiger partial charge in [0, 0.05) is 6.04 Å². The van der Waals surface area contributed by atoms with Gasteiger partial charge in [-0.3, -0.25) is 4.79 Å². The van der Waals surface area contributed by atoms with Gasteiger partial charge in [0.05, 0.1) is 6.42 Å². The smallest absolute Gasteiger partial charge is 0.326 e. The first-order valence-corrected chi connectivity index (χ1v) is 4.50. The van der Waals surface area contributed by atoms with Crippen LogP contribution >= 0.6 is 0 Å². The van der Waals surface area contributed by atoms with Crippen molar-refractivity contribution in [3.05, 3.63) is 0 Å².